The van der Waals surface area contributed by atoms with Gasteiger partial charge in [-0.05, 0) is 38.8 Å². The van der Waals surface area contributed by atoms with E-state index in [2.05, 4.69) is 10.6 Å². The molecule has 0 saturated carbocycles. The lowest BCUT2D eigenvalue weighted by atomic mass is 9.92. The van der Waals surface area contributed by atoms with Gasteiger partial charge in [-0.25, -0.2) is 4.39 Å². The molecule has 2 unspecified atom stereocenters. The molecule has 0 aromatic heterocycles. The van der Waals surface area contributed by atoms with E-state index < -0.39 is 10.7 Å². The number of nitrogens with one attached hydrogen (secondary N) is 2. The van der Waals surface area contributed by atoms with Crippen LogP contribution in [0.25, 0.3) is 0 Å². The molecule has 0 spiro atoms. The third-order valence-corrected chi connectivity index (χ3v) is 3.95. The van der Waals surface area contributed by atoms with Gasteiger partial charge in [0.2, 0.25) is 0 Å². The smallest absolute Gasteiger partial charge is 0.294 e. The highest BCUT2D eigenvalue weighted by molar-refractivity contribution is 6.31. The molecule has 0 aliphatic carbocycles. The molecule has 0 bridgehead atoms. The lowest BCUT2D eigenvalue weighted by molar-refractivity contribution is -0.384. The molecule has 1 aromatic carbocycles. The fourth-order valence-corrected chi connectivity index (χ4v) is 2.63. The molecule has 1 aromatic rings. The Bertz CT molecular complexity index is 507. The summed E-state index contributed by atoms with van der Waals surface area (Å²) in [6, 6.07) is 2.15. The monoisotopic (exact) mass is 301 g/mol. The molecule has 5 nitrogen and oxygen atoms in total. The summed E-state index contributed by atoms with van der Waals surface area (Å²) in [5.41, 5.74) is -0.0259. The molecule has 0 amide bonds. The first-order chi connectivity index (χ1) is 9.49. The lowest BCUT2D eigenvalue weighted by Crippen LogP contribution is -2.38. The van der Waals surface area contributed by atoms with E-state index in [0.717, 1.165) is 38.1 Å². The molecule has 110 valence electrons. The fraction of sp³-hybridized carbons (Fsp3) is 0.538. The number of rotatable bonds is 4. The van der Waals surface area contributed by atoms with Gasteiger partial charge < -0.3 is 10.6 Å². The zero-order chi connectivity index (χ0) is 14.7. The zero-order valence-corrected chi connectivity index (χ0v) is 11.9. The Morgan fingerprint density at radius 1 is 1.60 bits per heavy atom. The highest BCUT2D eigenvalue weighted by Crippen LogP contribution is 2.31. The minimum Gasteiger partial charge on any atom is -0.377 e. The molecule has 1 aliphatic rings. The molecule has 7 heteroatoms. The van der Waals surface area contributed by atoms with Crippen LogP contribution in [0.1, 0.15) is 19.8 Å². The third kappa shape index (κ3) is 3.37. The van der Waals surface area contributed by atoms with Gasteiger partial charge in [0.1, 0.15) is 11.5 Å². The molecule has 2 atom stereocenters. The second kappa shape index (κ2) is 6.37. The van der Waals surface area contributed by atoms with Crippen LogP contribution in [0.2, 0.25) is 5.02 Å². The molecule has 1 aliphatic heterocycles. The number of hydrogen-bond donors (Lipinski definition) is 2. The topological polar surface area (TPSA) is 67.2 Å². The van der Waals surface area contributed by atoms with Gasteiger partial charge in [-0.15, -0.1) is 0 Å². The summed E-state index contributed by atoms with van der Waals surface area (Å²) in [5, 5.41) is 17.1. The van der Waals surface area contributed by atoms with Crippen molar-refractivity contribution in [1.29, 1.82) is 0 Å². The van der Waals surface area contributed by atoms with Crippen LogP contribution < -0.4 is 10.6 Å². The van der Waals surface area contributed by atoms with E-state index in [4.69, 9.17) is 11.6 Å². The van der Waals surface area contributed by atoms with Gasteiger partial charge in [-0.1, -0.05) is 11.6 Å². The van der Waals surface area contributed by atoms with E-state index in [0.29, 0.717) is 5.92 Å². The number of piperidine rings is 1. The number of halogens is 2. The maximum absolute atomic E-state index is 13.5. The first kappa shape index (κ1) is 15.0. The molecule has 1 heterocycles. The molecule has 0 radical (unpaired) electrons. The van der Waals surface area contributed by atoms with Crippen molar-refractivity contribution in [2.75, 3.05) is 18.4 Å². The largest absolute Gasteiger partial charge is 0.377 e. The third-order valence-electron chi connectivity index (χ3n) is 3.66. The van der Waals surface area contributed by atoms with Gasteiger partial charge in [0.15, 0.2) is 0 Å². The highest BCUT2D eigenvalue weighted by atomic mass is 35.5. The minimum atomic E-state index is -0.659. The predicted molar refractivity (Wildman–Crippen MR) is 76.7 cm³/mol. The van der Waals surface area contributed by atoms with Gasteiger partial charge >= 0.3 is 0 Å². The standard InChI is InChI=1S/C13H17ClFN3O2/c1-8(9-3-2-4-16-7-9)17-12-6-11(15)10(14)5-13(12)18(19)20/h5-6,8-9,16-17H,2-4,7H2,1H3. The van der Waals surface area contributed by atoms with Crippen LogP contribution in [-0.4, -0.2) is 24.1 Å². The summed E-state index contributed by atoms with van der Waals surface area (Å²) < 4.78 is 13.5. The van der Waals surface area contributed by atoms with Crippen molar-refractivity contribution in [1.82, 2.24) is 5.32 Å². The average Bonchev–Trinajstić information content (AvgIpc) is 2.43. The predicted octanol–water partition coefficient (Wildman–Crippen LogP) is 3.19. The van der Waals surface area contributed by atoms with E-state index in [1.165, 1.54) is 0 Å². The summed E-state index contributed by atoms with van der Waals surface area (Å²) in [6.07, 6.45) is 2.12. The molecular formula is C13H17ClFN3O2. The number of nitrogens with zero attached hydrogens (tertiary/aromatic N) is 1. The van der Waals surface area contributed by atoms with E-state index in [-0.39, 0.29) is 22.4 Å². The number of nitro groups is 1. The van der Waals surface area contributed by atoms with Crippen molar-refractivity contribution < 1.29 is 9.31 Å². The lowest BCUT2D eigenvalue weighted by Gasteiger charge is -2.29. The van der Waals surface area contributed by atoms with E-state index >= 15 is 0 Å². The number of anilines is 1. The summed E-state index contributed by atoms with van der Waals surface area (Å²) in [7, 11) is 0. The van der Waals surface area contributed by atoms with E-state index in [9.17, 15) is 14.5 Å². The Morgan fingerprint density at radius 3 is 2.95 bits per heavy atom. The number of hydrogen-bond acceptors (Lipinski definition) is 4. The van der Waals surface area contributed by atoms with Crippen molar-refractivity contribution >= 4 is 23.0 Å². The van der Waals surface area contributed by atoms with Crippen molar-refractivity contribution in [2.24, 2.45) is 5.92 Å². The van der Waals surface area contributed by atoms with Crippen molar-refractivity contribution in [3.05, 3.63) is 33.1 Å². The van der Waals surface area contributed by atoms with E-state index in [1.54, 1.807) is 0 Å². The quantitative estimate of drug-likeness (QED) is 0.662. The Morgan fingerprint density at radius 2 is 2.35 bits per heavy atom. The second-order valence-electron chi connectivity index (χ2n) is 5.08. The maximum Gasteiger partial charge on any atom is 0.294 e. The van der Waals surface area contributed by atoms with Gasteiger partial charge in [0, 0.05) is 18.2 Å². The first-order valence-electron chi connectivity index (χ1n) is 6.59. The van der Waals surface area contributed by atoms with Crippen molar-refractivity contribution in [3.63, 3.8) is 0 Å². The summed E-state index contributed by atoms with van der Waals surface area (Å²) >= 11 is 5.60. The first-order valence-corrected chi connectivity index (χ1v) is 6.97. The second-order valence-corrected chi connectivity index (χ2v) is 5.49. The highest BCUT2D eigenvalue weighted by Gasteiger charge is 2.24. The van der Waals surface area contributed by atoms with Crippen LogP contribution in [0.15, 0.2) is 12.1 Å². The molecule has 20 heavy (non-hydrogen) atoms. The van der Waals surface area contributed by atoms with Gasteiger partial charge in [-0.2, -0.15) is 0 Å². The van der Waals surface area contributed by atoms with Crippen LogP contribution in [0.4, 0.5) is 15.8 Å². The normalized spacial score (nSPS) is 20.4. The molecule has 1 fully saturated rings. The SMILES string of the molecule is CC(Nc1cc(F)c(Cl)cc1[N+](=O)[O-])C1CCCNC1. The molecule has 2 N–H and O–H groups in total. The van der Waals surface area contributed by atoms with Crippen molar-refractivity contribution in [2.45, 2.75) is 25.8 Å². The van der Waals surface area contributed by atoms with Crippen LogP contribution in [0.5, 0.6) is 0 Å². The van der Waals surface area contributed by atoms with Crippen LogP contribution in [-0.2, 0) is 0 Å². The fourth-order valence-electron chi connectivity index (χ4n) is 2.47. The number of nitro benzene ring substituents is 1. The van der Waals surface area contributed by atoms with Crippen LogP contribution in [0, 0.1) is 21.8 Å². The zero-order valence-electron chi connectivity index (χ0n) is 11.2. The summed E-state index contributed by atoms with van der Waals surface area (Å²) in [6.45, 7) is 3.81. The van der Waals surface area contributed by atoms with Crippen molar-refractivity contribution in [3.8, 4) is 0 Å². The van der Waals surface area contributed by atoms with E-state index in [1.807, 2.05) is 6.92 Å². The average molecular weight is 302 g/mol. The summed E-state index contributed by atoms with van der Waals surface area (Å²) in [5.74, 6) is -0.296. The Balaban J connectivity index is 2.19. The van der Waals surface area contributed by atoms with Crippen LogP contribution in [0.3, 0.4) is 0 Å². The number of benzene rings is 1. The van der Waals surface area contributed by atoms with Gasteiger partial charge in [-0.3, -0.25) is 10.1 Å². The molecule has 2 rings (SSSR count). The van der Waals surface area contributed by atoms with Gasteiger partial charge in [0.25, 0.3) is 5.69 Å². The summed E-state index contributed by atoms with van der Waals surface area (Å²) in [4.78, 5) is 10.5. The Kier molecular flexibility index (Phi) is 4.77. The van der Waals surface area contributed by atoms with Gasteiger partial charge in [0.05, 0.1) is 9.95 Å². The Labute approximate surface area is 121 Å². The molecule has 1 saturated heterocycles. The maximum atomic E-state index is 13.5. The minimum absolute atomic E-state index is 0.0158. The Hall–Kier alpha value is -1.40. The molecular weight excluding hydrogens is 285 g/mol. The van der Waals surface area contributed by atoms with Crippen LogP contribution >= 0.6 is 11.6 Å².